The average molecular weight is 327 g/mol. The molecule has 102 valence electrons. The van der Waals surface area contributed by atoms with Crippen LogP contribution in [0.1, 0.15) is 13.3 Å². The van der Waals surface area contributed by atoms with E-state index in [0.29, 0.717) is 22.8 Å². The van der Waals surface area contributed by atoms with Crippen molar-refractivity contribution in [2.24, 2.45) is 0 Å². The first kappa shape index (κ1) is 15.0. The Morgan fingerprint density at radius 2 is 2.11 bits per heavy atom. The molecule has 1 N–H and O–H groups in total. The van der Waals surface area contributed by atoms with Crippen molar-refractivity contribution in [3.8, 4) is 0 Å². The molecule has 0 bridgehead atoms. The Morgan fingerprint density at radius 3 is 2.67 bits per heavy atom. The minimum Gasteiger partial charge on any atom is -0.358 e. The summed E-state index contributed by atoms with van der Waals surface area (Å²) in [7, 11) is 1.56. The lowest BCUT2D eigenvalue weighted by molar-refractivity contribution is -0.132. The normalized spacial score (nSPS) is 11.4. The van der Waals surface area contributed by atoms with Gasteiger partial charge in [0.1, 0.15) is 5.82 Å². The number of anilines is 2. The molecule has 0 aliphatic carbocycles. The Morgan fingerprint density at radius 1 is 1.44 bits per heavy atom. The first-order valence-corrected chi connectivity index (χ1v) is 6.17. The van der Waals surface area contributed by atoms with Gasteiger partial charge in [-0.1, -0.05) is 0 Å². The number of alkyl halides is 3. The van der Waals surface area contributed by atoms with Crippen LogP contribution >= 0.6 is 15.9 Å². The van der Waals surface area contributed by atoms with E-state index in [1.54, 1.807) is 7.05 Å². The third kappa shape index (κ3) is 4.67. The molecule has 1 aromatic rings. The van der Waals surface area contributed by atoms with Gasteiger partial charge in [0, 0.05) is 26.3 Å². The van der Waals surface area contributed by atoms with Crippen LogP contribution in [0.2, 0.25) is 0 Å². The van der Waals surface area contributed by atoms with Crippen LogP contribution in [-0.2, 0) is 0 Å². The maximum atomic E-state index is 12.1. The highest BCUT2D eigenvalue weighted by molar-refractivity contribution is 9.10. The lowest BCUT2D eigenvalue weighted by atomic mass is 10.4. The van der Waals surface area contributed by atoms with Gasteiger partial charge in [-0.3, -0.25) is 0 Å². The second-order valence-corrected chi connectivity index (χ2v) is 4.54. The molecule has 0 saturated heterocycles. The van der Waals surface area contributed by atoms with Gasteiger partial charge in [0.15, 0.2) is 0 Å². The summed E-state index contributed by atoms with van der Waals surface area (Å²) >= 11 is 3.23. The monoisotopic (exact) mass is 326 g/mol. The molecule has 0 saturated carbocycles. The number of rotatable bonds is 5. The summed E-state index contributed by atoms with van der Waals surface area (Å²) in [5, 5.41) is 2.91. The zero-order chi connectivity index (χ0) is 13.8. The van der Waals surface area contributed by atoms with Gasteiger partial charge in [-0.2, -0.15) is 18.2 Å². The molecular weight excluding hydrogens is 313 g/mol. The van der Waals surface area contributed by atoms with E-state index in [1.165, 1.54) is 11.1 Å². The van der Waals surface area contributed by atoms with Crippen LogP contribution in [0.4, 0.5) is 24.9 Å². The molecule has 0 radical (unpaired) electrons. The van der Waals surface area contributed by atoms with E-state index in [1.807, 2.05) is 6.92 Å². The van der Waals surface area contributed by atoms with E-state index in [4.69, 9.17) is 0 Å². The average Bonchev–Trinajstić information content (AvgIpc) is 2.28. The minimum atomic E-state index is -4.17. The number of aromatic nitrogens is 2. The van der Waals surface area contributed by atoms with Gasteiger partial charge in [-0.25, -0.2) is 4.98 Å². The van der Waals surface area contributed by atoms with Gasteiger partial charge in [-0.15, -0.1) is 0 Å². The SMILES string of the molecule is CCNc1ncc(Br)c(N(C)CCC(F)(F)F)n1. The molecule has 0 fully saturated rings. The molecule has 0 amide bonds. The van der Waals surface area contributed by atoms with E-state index >= 15 is 0 Å². The first-order valence-electron chi connectivity index (χ1n) is 5.37. The topological polar surface area (TPSA) is 41.1 Å². The summed E-state index contributed by atoms with van der Waals surface area (Å²) < 4.78 is 37.0. The summed E-state index contributed by atoms with van der Waals surface area (Å²) in [5.41, 5.74) is 0. The van der Waals surface area contributed by atoms with Crippen molar-refractivity contribution in [2.45, 2.75) is 19.5 Å². The van der Waals surface area contributed by atoms with Crippen molar-refractivity contribution in [1.82, 2.24) is 9.97 Å². The fourth-order valence-electron chi connectivity index (χ4n) is 1.27. The van der Waals surface area contributed by atoms with Crippen molar-refractivity contribution in [2.75, 3.05) is 30.4 Å². The smallest absolute Gasteiger partial charge is 0.358 e. The summed E-state index contributed by atoms with van der Waals surface area (Å²) in [4.78, 5) is 9.60. The number of nitrogens with one attached hydrogen (secondary N) is 1. The molecule has 1 rings (SSSR count). The molecule has 4 nitrogen and oxygen atoms in total. The number of hydrogen-bond donors (Lipinski definition) is 1. The first-order chi connectivity index (χ1) is 8.33. The van der Waals surface area contributed by atoms with E-state index in [9.17, 15) is 13.2 Å². The van der Waals surface area contributed by atoms with Crippen molar-refractivity contribution in [3.05, 3.63) is 10.7 Å². The van der Waals surface area contributed by atoms with E-state index < -0.39 is 12.6 Å². The lowest BCUT2D eigenvalue weighted by Crippen LogP contribution is -2.25. The van der Waals surface area contributed by atoms with Crippen molar-refractivity contribution in [3.63, 3.8) is 0 Å². The highest BCUT2D eigenvalue weighted by Crippen LogP contribution is 2.26. The fraction of sp³-hybridized carbons (Fsp3) is 0.600. The van der Waals surface area contributed by atoms with Gasteiger partial charge >= 0.3 is 6.18 Å². The highest BCUT2D eigenvalue weighted by atomic mass is 79.9. The molecule has 0 aromatic carbocycles. The Bertz CT molecular complexity index is 397. The Kier molecular flexibility index (Phi) is 5.18. The third-order valence-corrected chi connectivity index (χ3v) is 2.71. The lowest BCUT2D eigenvalue weighted by Gasteiger charge is -2.20. The van der Waals surface area contributed by atoms with Crippen LogP contribution in [0.15, 0.2) is 10.7 Å². The number of halogens is 4. The molecule has 18 heavy (non-hydrogen) atoms. The predicted molar refractivity (Wildman–Crippen MR) is 67.8 cm³/mol. The van der Waals surface area contributed by atoms with Crippen LogP contribution in [0.5, 0.6) is 0 Å². The predicted octanol–water partition coefficient (Wildman–Crippen LogP) is 3.06. The second-order valence-electron chi connectivity index (χ2n) is 3.68. The number of hydrogen-bond acceptors (Lipinski definition) is 4. The van der Waals surface area contributed by atoms with Gasteiger partial charge in [-0.05, 0) is 22.9 Å². The number of nitrogens with zero attached hydrogens (tertiary/aromatic N) is 3. The highest BCUT2D eigenvalue weighted by Gasteiger charge is 2.27. The fourth-order valence-corrected chi connectivity index (χ4v) is 1.76. The van der Waals surface area contributed by atoms with Gasteiger partial charge in [0.2, 0.25) is 5.95 Å². The molecular formula is C10H14BrF3N4. The summed E-state index contributed by atoms with van der Waals surface area (Å²) in [6, 6.07) is 0. The summed E-state index contributed by atoms with van der Waals surface area (Å²) in [6.07, 6.45) is -3.53. The molecule has 0 aliphatic heterocycles. The zero-order valence-electron chi connectivity index (χ0n) is 10.1. The molecule has 0 atom stereocenters. The quantitative estimate of drug-likeness (QED) is 0.902. The maximum absolute atomic E-state index is 12.1. The molecule has 0 aliphatic rings. The molecule has 0 spiro atoms. The van der Waals surface area contributed by atoms with Gasteiger partial charge < -0.3 is 10.2 Å². The van der Waals surface area contributed by atoms with Crippen molar-refractivity contribution < 1.29 is 13.2 Å². The Hall–Kier alpha value is -1.05. The Balaban J connectivity index is 2.77. The molecule has 8 heteroatoms. The van der Waals surface area contributed by atoms with Crippen molar-refractivity contribution in [1.29, 1.82) is 0 Å². The van der Waals surface area contributed by atoms with E-state index in [2.05, 4.69) is 31.2 Å². The van der Waals surface area contributed by atoms with Crippen LogP contribution in [-0.4, -0.2) is 36.3 Å². The zero-order valence-corrected chi connectivity index (χ0v) is 11.6. The minimum absolute atomic E-state index is 0.148. The van der Waals surface area contributed by atoms with E-state index in [-0.39, 0.29) is 6.54 Å². The van der Waals surface area contributed by atoms with E-state index in [0.717, 1.165) is 0 Å². The van der Waals surface area contributed by atoms with Crippen LogP contribution in [0, 0.1) is 0 Å². The second kappa shape index (κ2) is 6.21. The van der Waals surface area contributed by atoms with Crippen LogP contribution < -0.4 is 10.2 Å². The third-order valence-electron chi connectivity index (χ3n) is 2.15. The van der Waals surface area contributed by atoms with Crippen molar-refractivity contribution >= 4 is 27.7 Å². The summed E-state index contributed by atoms with van der Waals surface area (Å²) in [6.45, 7) is 2.39. The summed E-state index contributed by atoms with van der Waals surface area (Å²) in [5.74, 6) is 0.833. The molecule has 1 aromatic heterocycles. The van der Waals surface area contributed by atoms with Crippen LogP contribution in [0.3, 0.4) is 0 Å². The molecule has 0 unspecified atom stereocenters. The maximum Gasteiger partial charge on any atom is 0.390 e. The van der Waals surface area contributed by atoms with Gasteiger partial charge in [0.25, 0.3) is 0 Å². The van der Waals surface area contributed by atoms with Gasteiger partial charge in [0.05, 0.1) is 10.9 Å². The Labute approximate surface area is 112 Å². The standard InChI is InChI=1S/C10H14BrF3N4/c1-3-15-9-16-6-7(11)8(17-9)18(2)5-4-10(12,13)14/h6H,3-5H2,1-2H3,(H,15,16,17). The largest absolute Gasteiger partial charge is 0.390 e. The molecule has 1 heterocycles. The van der Waals surface area contributed by atoms with Crippen LogP contribution in [0.25, 0.3) is 0 Å².